The van der Waals surface area contributed by atoms with Gasteiger partial charge in [-0.2, -0.15) is 0 Å². The lowest BCUT2D eigenvalue weighted by Gasteiger charge is -2.07. The van der Waals surface area contributed by atoms with Gasteiger partial charge >= 0.3 is 5.97 Å². The predicted molar refractivity (Wildman–Crippen MR) is 69.3 cm³/mol. The van der Waals surface area contributed by atoms with Crippen LogP contribution in [0.3, 0.4) is 0 Å². The SMILES string of the molecule is COC(=O)Cc1cc2ccsc2c(SC)c1F. The Morgan fingerprint density at radius 3 is 3.00 bits per heavy atom. The van der Waals surface area contributed by atoms with Crippen molar-refractivity contribution < 1.29 is 13.9 Å². The minimum atomic E-state index is -0.425. The molecule has 0 aliphatic rings. The molecular formula is C12H11FO2S2. The topological polar surface area (TPSA) is 26.3 Å². The third kappa shape index (κ3) is 2.30. The molecule has 0 atom stereocenters. The molecule has 0 saturated heterocycles. The van der Waals surface area contributed by atoms with Crippen molar-refractivity contribution in [2.75, 3.05) is 13.4 Å². The van der Waals surface area contributed by atoms with E-state index in [2.05, 4.69) is 4.74 Å². The van der Waals surface area contributed by atoms with Gasteiger partial charge in [0.25, 0.3) is 0 Å². The van der Waals surface area contributed by atoms with Crippen LogP contribution in [-0.2, 0) is 16.0 Å². The number of halogens is 1. The Kier molecular flexibility index (Phi) is 3.69. The van der Waals surface area contributed by atoms with Crippen LogP contribution >= 0.6 is 23.1 Å². The van der Waals surface area contributed by atoms with E-state index in [1.54, 1.807) is 6.07 Å². The van der Waals surface area contributed by atoms with Gasteiger partial charge in [0.1, 0.15) is 5.82 Å². The van der Waals surface area contributed by atoms with Crippen LogP contribution in [0, 0.1) is 5.82 Å². The summed E-state index contributed by atoms with van der Waals surface area (Å²) in [6, 6.07) is 3.65. The number of carbonyl (C=O) groups excluding carboxylic acids is 1. The van der Waals surface area contributed by atoms with Gasteiger partial charge in [0.15, 0.2) is 0 Å². The standard InChI is InChI=1S/C12H11FO2S2/c1-15-9(14)6-8-5-7-3-4-17-11(7)12(16-2)10(8)13/h3-5H,6H2,1-2H3. The fraction of sp³-hybridized carbons (Fsp3) is 0.250. The molecular weight excluding hydrogens is 259 g/mol. The van der Waals surface area contributed by atoms with Crippen LogP contribution in [0.25, 0.3) is 10.1 Å². The molecule has 5 heteroatoms. The van der Waals surface area contributed by atoms with Crippen molar-refractivity contribution in [3.8, 4) is 0 Å². The van der Waals surface area contributed by atoms with E-state index in [9.17, 15) is 9.18 Å². The fourth-order valence-electron chi connectivity index (χ4n) is 1.65. The third-order valence-corrected chi connectivity index (χ3v) is 4.35. The number of carbonyl (C=O) groups is 1. The van der Waals surface area contributed by atoms with Gasteiger partial charge in [-0.25, -0.2) is 4.39 Å². The molecule has 0 saturated carbocycles. The van der Waals surface area contributed by atoms with Gasteiger partial charge in [0, 0.05) is 5.56 Å². The largest absolute Gasteiger partial charge is 0.469 e. The Balaban J connectivity index is 2.55. The maximum atomic E-state index is 14.2. The smallest absolute Gasteiger partial charge is 0.310 e. The lowest BCUT2D eigenvalue weighted by molar-refractivity contribution is -0.139. The van der Waals surface area contributed by atoms with E-state index in [4.69, 9.17) is 0 Å². The van der Waals surface area contributed by atoms with Crippen molar-refractivity contribution in [1.82, 2.24) is 0 Å². The van der Waals surface area contributed by atoms with Crippen molar-refractivity contribution in [3.05, 3.63) is 28.9 Å². The molecule has 0 aliphatic heterocycles. The van der Waals surface area contributed by atoms with Crippen LogP contribution < -0.4 is 0 Å². The Labute approximate surface area is 107 Å². The molecule has 0 unspecified atom stereocenters. The second kappa shape index (κ2) is 5.06. The molecule has 0 bridgehead atoms. The third-order valence-electron chi connectivity index (χ3n) is 2.48. The zero-order valence-electron chi connectivity index (χ0n) is 9.45. The minimum Gasteiger partial charge on any atom is -0.469 e. The van der Waals surface area contributed by atoms with E-state index < -0.39 is 5.97 Å². The molecule has 0 N–H and O–H groups in total. The Morgan fingerprint density at radius 2 is 2.35 bits per heavy atom. The molecule has 0 fully saturated rings. The summed E-state index contributed by atoms with van der Waals surface area (Å²) in [5.41, 5.74) is 0.395. The highest BCUT2D eigenvalue weighted by Crippen LogP contribution is 2.35. The molecule has 1 aromatic carbocycles. The van der Waals surface area contributed by atoms with Gasteiger partial charge in [0.05, 0.1) is 23.1 Å². The maximum absolute atomic E-state index is 14.2. The quantitative estimate of drug-likeness (QED) is 0.631. The average molecular weight is 270 g/mol. The van der Waals surface area contributed by atoms with Crippen molar-refractivity contribution in [1.29, 1.82) is 0 Å². The second-order valence-corrected chi connectivity index (χ2v) is 5.21. The first-order valence-electron chi connectivity index (χ1n) is 4.96. The molecule has 1 aromatic heterocycles. The molecule has 2 aromatic rings. The monoisotopic (exact) mass is 270 g/mol. The number of thiophene rings is 1. The number of hydrogen-bond donors (Lipinski definition) is 0. The van der Waals surface area contributed by atoms with Gasteiger partial charge in [-0.1, -0.05) is 0 Å². The lowest BCUT2D eigenvalue weighted by Crippen LogP contribution is -2.06. The molecule has 0 spiro atoms. The van der Waals surface area contributed by atoms with Gasteiger partial charge in [-0.15, -0.1) is 23.1 Å². The van der Waals surface area contributed by atoms with Crippen LogP contribution in [0.15, 0.2) is 22.4 Å². The Bertz CT molecular complexity index is 563. The summed E-state index contributed by atoms with van der Waals surface area (Å²) in [7, 11) is 1.30. The van der Waals surface area contributed by atoms with Crippen LogP contribution in [0.5, 0.6) is 0 Å². The summed E-state index contributed by atoms with van der Waals surface area (Å²) in [4.78, 5) is 11.8. The number of methoxy groups -OCH3 is 1. The first kappa shape index (κ1) is 12.4. The number of esters is 1. The first-order valence-corrected chi connectivity index (χ1v) is 7.07. The zero-order valence-corrected chi connectivity index (χ0v) is 11.1. The number of fused-ring (bicyclic) bond motifs is 1. The van der Waals surface area contributed by atoms with E-state index in [1.807, 2.05) is 17.7 Å². The van der Waals surface area contributed by atoms with Crippen molar-refractivity contribution in [2.24, 2.45) is 0 Å². The van der Waals surface area contributed by atoms with Crippen LogP contribution in [-0.4, -0.2) is 19.3 Å². The van der Waals surface area contributed by atoms with Gasteiger partial charge < -0.3 is 4.74 Å². The number of ether oxygens (including phenoxy) is 1. The molecule has 0 radical (unpaired) electrons. The van der Waals surface area contributed by atoms with Crippen molar-refractivity contribution in [3.63, 3.8) is 0 Å². The van der Waals surface area contributed by atoms with E-state index >= 15 is 0 Å². The van der Waals surface area contributed by atoms with E-state index in [-0.39, 0.29) is 12.2 Å². The van der Waals surface area contributed by atoms with Gasteiger partial charge in [0.2, 0.25) is 0 Å². The summed E-state index contributed by atoms with van der Waals surface area (Å²) in [5.74, 6) is -0.733. The Hall–Kier alpha value is -1.07. The average Bonchev–Trinajstić information content (AvgIpc) is 2.77. The molecule has 2 rings (SSSR count). The summed E-state index contributed by atoms with van der Waals surface area (Å²) >= 11 is 2.87. The normalized spacial score (nSPS) is 10.8. The number of thioether (sulfide) groups is 1. The van der Waals surface area contributed by atoms with Crippen LogP contribution in [0.1, 0.15) is 5.56 Å². The van der Waals surface area contributed by atoms with E-state index in [0.29, 0.717) is 10.5 Å². The molecule has 0 amide bonds. The maximum Gasteiger partial charge on any atom is 0.310 e. The van der Waals surface area contributed by atoms with E-state index in [1.165, 1.54) is 30.2 Å². The van der Waals surface area contributed by atoms with Gasteiger partial charge in [-0.3, -0.25) is 4.79 Å². The highest BCUT2D eigenvalue weighted by molar-refractivity contribution is 7.99. The van der Waals surface area contributed by atoms with Crippen LogP contribution in [0.2, 0.25) is 0 Å². The second-order valence-electron chi connectivity index (χ2n) is 3.47. The molecule has 2 nitrogen and oxygen atoms in total. The molecule has 90 valence electrons. The van der Waals surface area contributed by atoms with Crippen molar-refractivity contribution in [2.45, 2.75) is 11.3 Å². The van der Waals surface area contributed by atoms with E-state index in [0.717, 1.165) is 10.1 Å². The number of benzene rings is 1. The van der Waals surface area contributed by atoms with Crippen molar-refractivity contribution >= 4 is 39.2 Å². The summed E-state index contributed by atoms with van der Waals surface area (Å²) < 4.78 is 19.7. The van der Waals surface area contributed by atoms with Gasteiger partial charge in [-0.05, 0) is 29.2 Å². The predicted octanol–water partition coefficient (Wildman–Crippen LogP) is 3.48. The summed E-state index contributed by atoms with van der Waals surface area (Å²) in [5, 5.41) is 2.89. The zero-order chi connectivity index (χ0) is 12.4. The Morgan fingerprint density at radius 1 is 1.59 bits per heavy atom. The minimum absolute atomic E-state index is 0.0261. The molecule has 17 heavy (non-hydrogen) atoms. The molecule has 0 aliphatic carbocycles. The summed E-state index contributed by atoms with van der Waals surface area (Å²) in [6.07, 6.45) is 1.81. The lowest BCUT2D eigenvalue weighted by atomic mass is 10.1. The fourth-order valence-corrected chi connectivity index (χ4v) is 3.47. The highest BCUT2D eigenvalue weighted by Gasteiger charge is 2.16. The summed E-state index contributed by atoms with van der Waals surface area (Å²) in [6.45, 7) is 0. The first-order chi connectivity index (χ1) is 8.17. The number of rotatable bonds is 3. The number of hydrogen-bond acceptors (Lipinski definition) is 4. The highest BCUT2D eigenvalue weighted by atomic mass is 32.2. The van der Waals surface area contributed by atoms with Crippen LogP contribution in [0.4, 0.5) is 4.39 Å². The molecule has 1 heterocycles.